The number of nitrogens with zero attached hydrogens (tertiary/aromatic N) is 3. The molecule has 2 rings (SSSR count). The first kappa shape index (κ1) is 17.8. The van der Waals surface area contributed by atoms with E-state index < -0.39 is 14.9 Å². The summed E-state index contributed by atoms with van der Waals surface area (Å²) in [6, 6.07) is 2.52. The number of hydrogen-bond donors (Lipinski definition) is 1. The second-order valence-electron chi connectivity index (χ2n) is 5.61. The van der Waals surface area contributed by atoms with Crippen LogP contribution in [-0.2, 0) is 10.0 Å². The number of aliphatic hydroxyl groups excluding tert-OH is 1. The Labute approximate surface area is 135 Å². The van der Waals surface area contributed by atoms with Crippen molar-refractivity contribution in [2.45, 2.75) is 18.7 Å². The fourth-order valence-electron chi connectivity index (χ4n) is 2.66. The Balaban J connectivity index is 2.32. The first-order valence-corrected chi connectivity index (χ1v) is 8.80. The van der Waals surface area contributed by atoms with Gasteiger partial charge in [0.05, 0.1) is 16.4 Å². The quantitative estimate of drug-likeness (QED) is 0.617. The molecule has 1 heterocycles. The minimum atomic E-state index is -3.77. The van der Waals surface area contributed by atoms with E-state index in [1.807, 2.05) is 4.90 Å². The molecule has 1 aliphatic heterocycles. The first-order chi connectivity index (χ1) is 10.8. The van der Waals surface area contributed by atoms with Gasteiger partial charge in [-0.3, -0.25) is 15.0 Å². The lowest BCUT2D eigenvalue weighted by Crippen LogP contribution is -2.49. The summed E-state index contributed by atoms with van der Waals surface area (Å²) in [6.45, 7) is 5.57. The molecule has 1 N–H and O–H groups in total. The van der Waals surface area contributed by atoms with Gasteiger partial charge in [-0.1, -0.05) is 0 Å². The molecule has 9 heteroatoms. The average molecular weight is 343 g/mol. The number of nitro benzene ring substituents is 1. The van der Waals surface area contributed by atoms with Crippen LogP contribution in [0.3, 0.4) is 0 Å². The van der Waals surface area contributed by atoms with E-state index in [1.54, 1.807) is 13.8 Å². The number of β-amino-alcohol motifs (C(OH)–C–C–N with tert-alkyl or cyclic N) is 1. The maximum absolute atomic E-state index is 12.8. The van der Waals surface area contributed by atoms with E-state index in [0.717, 1.165) is 6.07 Å². The van der Waals surface area contributed by atoms with Crippen LogP contribution in [0.2, 0.25) is 0 Å². The summed E-state index contributed by atoms with van der Waals surface area (Å²) in [5.41, 5.74) is 0.899. The number of benzene rings is 1. The molecule has 0 spiro atoms. The van der Waals surface area contributed by atoms with Gasteiger partial charge in [0.25, 0.3) is 5.69 Å². The SMILES string of the molecule is Cc1cc([N+](=O)[O-])cc(S(=O)(=O)N2CCN(CCO)CC2)c1C. The predicted molar refractivity (Wildman–Crippen MR) is 84.9 cm³/mol. The van der Waals surface area contributed by atoms with Gasteiger partial charge in [-0.2, -0.15) is 4.31 Å². The second kappa shape index (κ2) is 6.91. The molecule has 0 amide bonds. The Morgan fingerprint density at radius 2 is 1.83 bits per heavy atom. The van der Waals surface area contributed by atoms with Crippen molar-refractivity contribution < 1.29 is 18.4 Å². The standard InChI is InChI=1S/C14H21N3O5S/c1-11-9-13(17(19)20)10-14(12(11)2)23(21,22)16-5-3-15(4-6-16)7-8-18/h9-10,18H,3-8H2,1-2H3. The average Bonchev–Trinajstić information content (AvgIpc) is 2.50. The van der Waals surface area contributed by atoms with E-state index >= 15 is 0 Å². The van der Waals surface area contributed by atoms with Crippen LogP contribution in [0.1, 0.15) is 11.1 Å². The van der Waals surface area contributed by atoms with Crippen molar-refractivity contribution in [2.24, 2.45) is 0 Å². The van der Waals surface area contributed by atoms with Crippen molar-refractivity contribution in [3.05, 3.63) is 33.4 Å². The molecule has 8 nitrogen and oxygen atoms in total. The van der Waals surface area contributed by atoms with Crippen LogP contribution in [-0.4, -0.2) is 67.0 Å². The molecule has 1 aromatic rings. The molecule has 0 aliphatic carbocycles. The fourth-order valence-corrected chi connectivity index (χ4v) is 4.40. The molecular weight excluding hydrogens is 322 g/mol. The van der Waals surface area contributed by atoms with Crippen molar-refractivity contribution in [3.8, 4) is 0 Å². The van der Waals surface area contributed by atoms with Gasteiger partial charge in [0.2, 0.25) is 10.0 Å². The number of sulfonamides is 1. The topological polar surface area (TPSA) is 104 Å². The highest BCUT2D eigenvalue weighted by atomic mass is 32.2. The van der Waals surface area contributed by atoms with Crippen LogP contribution in [0.25, 0.3) is 0 Å². The van der Waals surface area contributed by atoms with E-state index in [1.165, 1.54) is 10.4 Å². The lowest BCUT2D eigenvalue weighted by molar-refractivity contribution is -0.385. The van der Waals surface area contributed by atoms with E-state index in [2.05, 4.69) is 0 Å². The molecule has 1 aliphatic rings. The van der Waals surface area contributed by atoms with Gasteiger partial charge in [0, 0.05) is 44.9 Å². The fraction of sp³-hybridized carbons (Fsp3) is 0.571. The molecule has 0 bridgehead atoms. The first-order valence-electron chi connectivity index (χ1n) is 7.36. The minimum absolute atomic E-state index is 0.000178. The summed E-state index contributed by atoms with van der Waals surface area (Å²) in [4.78, 5) is 12.4. The number of nitro groups is 1. The van der Waals surface area contributed by atoms with E-state index in [4.69, 9.17) is 5.11 Å². The van der Waals surface area contributed by atoms with Crippen LogP contribution >= 0.6 is 0 Å². The van der Waals surface area contributed by atoms with Crippen molar-refractivity contribution >= 4 is 15.7 Å². The van der Waals surface area contributed by atoms with E-state index in [9.17, 15) is 18.5 Å². The molecule has 1 saturated heterocycles. The summed E-state index contributed by atoms with van der Waals surface area (Å²) in [5, 5.41) is 19.9. The predicted octanol–water partition coefficient (Wildman–Crippen LogP) is 0.510. The van der Waals surface area contributed by atoms with Crippen LogP contribution in [0.15, 0.2) is 17.0 Å². The summed E-state index contributed by atoms with van der Waals surface area (Å²) in [6.07, 6.45) is 0. The third kappa shape index (κ3) is 3.69. The van der Waals surface area contributed by atoms with Crippen LogP contribution in [0, 0.1) is 24.0 Å². The van der Waals surface area contributed by atoms with Crippen molar-refractivity contribution in [1.29, 1.82) is 0 Å². The number of hydrogen-bond acceptors (Lipinski definition) is 6. The third-order valence-electron chi connectivity index (χ3n) is 4.18. The highest BCUT2D eigenvalue weighted by Gasteiger charge is 2.31. The molecule has 0 unspecified atom stereocenters. The smallest absolute Gasteiger partial charge is 0.271 e. The maximum atomic E-state index is 12.8. The Kier molecular flexibility index (Phi) is 5.35. The lowest BCUT2D eigenvalue weighted by Gasteiger charge is -2.33. The molecule has 23 heavy (non-hydrogen) atoms. The summed E-state index contributed by atoms with van der Waals surface area (Å²) < 4.78 is 27.0. The zero-order chi connectivity index (χ0) is 17.2. The Bertz CT molecular complexity index is 697. The number of rotatable bonds is 5. The largest absolute Gasteiger partial charge is 0.395 e. The number of aliphatic hydroxyl groups is 1. The minimum Gasteiger partial charge on any atom is -0.395 e. The molecule has 1 aromatic carbocycles. The van der Waals surface area contributed by atoms with E-state index in [0.29, 0.717) is 43.9 Å². The van der Waals surface area contributed by atoms with Crippen LogP contribution in [0.5, 0.6) is 0 Å². The second-order valence-corrected chi connectivity index (χ2v) is 7.52. The third-order valence-corrected chi connectivity index (χ3v) is 6.21. The summed E-state index contributed by atoms with van der Waals surface area (Å²) >= 11 is 0. The van der Waals surface area contributed by atoms with Gasteiger partial charge < -0.3 is 5.11 Å². The summed E-state index contributed by atoms with van der Waals surface area (Å²) in [7, 11) is -3.77. The van der Waals surface area contributed by atoms with Crippen LogP contribution in [0.4, 0.5) is 5.69 Å². The maximum Gasteiger partial charge on any atom is 0.271 e. The molecule has 128 valence electrons. The van der Waals surface area contributed by atoms with Gasteiger partial charge in [0.15, 0.2) is 0 Å². The van der Waals surface area contributed by atoms with Crippen LogP contribution < -0.4 is 0 Å². The molecule has 0 saturated carbocycles. The van der Waals surface area contributed by atoms with Gasteiger partial charge in [-0.15, -0.1) is 0 Å². The molecule has 0 aromatic heterocycles. The number of piperazine rings is 1. The zero-order valence-corrected chi connectivity index (χ0v) is 14.0. The highest BCUT2D eigenvalue weighted by Crippen LogP contribution is 2.28. The Morgan fingerprint density at radius 1 is 1.22 bits per heavy atom. The van der Waals surface area contributed by atoms with Gasteiger partial charge in [0.1, 0.15) is 0 Å². The van der Waals surface area contributed by atoms with Gasteiger partial charge >= 0.3 is 0 Å². The Morgan fingerprint density at radius 3 is 2.35 bits per heavy atom. The highest BCUT2D eigenvalue weighted by molar-refractivity contribution is 7.89. The van der Waals surface area contributed by atoms with Crippen molar-refractivity contribution in [2.75, 3.05) is 39.3 Å². The zero-order valence-electron chi connectivity index (χ0n) is 13.2. The number of aryl methyl sites for hydroxylation is 1. The molecule has 1 fully saturated rings. The lowest BCUT2D eigenvalue weighted by atomic mass is 10.1. The molecular formula is C14H21N3O5S. The molecule has 0 atom stereocenters. The van der Waals surface area contributed by atoms with E-state index in [-0.39, 0.29) is 17.2 Å². The van der Waals surface area contributed by atoms with Gasteiger partial charge in [-0.05, 0) is 25.0 Å². The Hall–Kier alpha value is -1.55. The summed E-state index contributed by atoms with van der Waals surface area (Å²) in [5.74, 6) is 0. The number of non-ortho nitro benzene ring substituents is 1. The normalized spacial score (nSPS) is 17.3. The van der Waals surface area contributed by atoms with Crippen molar-refractivity contribution in [3.63, 3.8) is 0 Å². The molecule has 0 radical (unpaired) electrons. The van der Waals surface area contributed by atoms with Gasteiger partial charge in [-0.25, -0.2) is 8.42 Å². The van der Waals surface area contributed by atoms with Crippen molar-refractivity contribution in [1.82, 2.24) is 9.21 Å². The monoisotopic (exact) mass is 343 g/mol.